The van der Waals surface area contributed by atoms with Crippen LogP contribution in [0.25, 0.3) is 0 Å². The fourth-order valence-electron chi connectivity index (χ4n) is 10.5. The SMILES string of the molecule is CC(=O)OC12CC3(C)C(=CCC3C3(C)OCCO3)C13CCC1CC4(CCC1(C)C23)OCCO4. The summed E-state index contributed by atoms with van der Waals surface area (Å²) >= 11 is 0. The van der Waals surface area contributed by atoms with Gasteiger partial charge in [-0.1, -0.05) is 25.5 Å². The van der Waals surface area contributed by atoms with Crippen molar-refractivity contribution in [3.05, 3.63) is 11.6 Å². The lowest BCUT2D eigenvalue weighted by Crippen LogP contribution is -2.51. The van der Waals surface area contributed by atoms with E-state index < -0.39 is 11.4 Å². The third kappa shape index (κ3) is 2.33. The molecule has 0 aromatic heterocycles. The highest BCUT2D eigenvalue weighted by atomic mass is 16.7. The second-order valence-corrected chi connectivity index (χ2v) is 12.7. The average molecular weight is 459 g/mol. The lowest BCUT2D eigenvalue weighted by atomic mass is 9.54. The summed E-state index contributed by atoms with van der Waals surface area (Å²) in [5.74, 6) is 0.127. The predicted molar refractivity (Wildman–Crippen MR) is 119 cm³/mol. The van der Waals surface area contributed by atoms with Crippen LogP contribution in [-0.4, -0.2) is 49.6 Å². The number of allylic oxidation sites excluding steroid dienone is 1. The summed E-state index contributed by atoms with van der Waals surface area (Å²) in [5, 5.41) is 0. The Bertz CT molecular complexity index is 931. The van der Waals surface area contributed by atoms with E-state index in [0.717, 1.165) is 44.9 Å². The Labute approximate surface area is 196 Å². The molecular formula is C27H38O6. The maximum absolute atomic E-state index is 12.5. The first-order valence-corrected chi connectivity index (χ1v) is 13.1. The van der Waals surface area contributed by atoms with E-state index in [2.05, 4.69) is 26.8 Å². The lowest BCUT2D eigenvalue weighted by molar-refractivity contribution is -0.218. The van der Waals surface area contributed by atoms with E-state index >= 15 is 0 Å². The van der Waals surface area contributed by atoms with Gasteiger partial charge < -0.3 is 23.7 Å². The third-order valence-corrected chi connectivity index (χ3v) is 11.4. The van der Waals surface area contributed by atoms with Crippen LogP contribution in [0.5, 0.6) is 0 Å². The summed E-state index contributed by atoms with van der Waals surface area (Å²) in [4.78, 5) is 12.5. The molecule has 7 atom stereocenters. The van der Waals surface area contributed by atoms with Crippen molar-refractivity contribution in [2.45, 2.75) is 89.8 Å². The third-order valence-electron chi connectivity index (χ3n) is 11.4. The summed E-state index contributed by atoms with van der Waals surface area (Å²) < 4.78 is 31.0. The van der Waals surface area contributed by atoms with E-state index in [1.165, 1.54) is 0 Å². The molecular weight excluding hydrogens is 420 g/mol. The van der Waals surface area contributed by atoms with Gasteiger partial charge in [-0.3, -0.25) is 4.79 Å². The quantitative estimate of drug-likeness (QED) is 0.452. The van der Waals surface area contributed by atoms with Crippen LogP contribution < -0.4 is 0 Å². The fraction of sp³-hybridized carbons (Fsp3) is 0.889. The van der Waals surface area contributed by atoms with Gasteiger partial charge in [0, 0.05) is 42.4 Å². The lowest BCUT2D eigenvalue weighted by Gasteiger charge is -2.53. The Morgan fingerprint density at radius 3 is 2.39 bits per heavy atom. The van der Waals surface area contributed by atoms with Crippen LogP contribution in [0.4, 0.5) is 0 Å². The van der Waals surface area contributed by atoms with Crippen molar-refractivity contribution in [1.82, 2.24) is 0 Å². The highest BCUT2D eigenvalue weighted by molar-refractivity contribution is 5.69. The van der Waals surface area contributed by atoms with Crippen molar-refractivity contribution in [2.24, 2.45) is 34.0 Å². The topological polar surface area (TPSA) is 63.2 Å². The average Bonchev–Trinajstić information content (AvgIpc) is 3.28. The number of carbonyl (C=O) groups excluding carboxylic acids is 1. The molecule has 0 aromatic rings. The molecule has 7 aliphatic rings. The van der Waals surface area contributed by atoms with E-state index in [4.69, 9.17) is 23.7 Å². The smallest absolute Gasteiger partial charge is 0.303 e. The molecule has 0 amide bonds. The molecule has 5 aliphatic carbocycles. The molecule has 0 aromatic carbocycles. The van der Waals surface area contributed by atoms with Crippen LogP contribution in [0.1, 0.15) is 72.6 Å². The summed E-state index contributed by atoms with van der Waals surface area (Å²) in [6, 6.07) is 0. The van der Waals surface area contributed by atoms with Crippen molar-refractivity contribution in [2.75, 3.05) is 26.4 Å². The summed E-state index contributed by atoms with van der Waals surface area (Å²) in [7, 11) is 0. The molecule has 0 radical (unpaired) electrons. The van der Waals surface area contributed by atoms with Crippen LogP contribution >= 0.6 is 0 Å². The molecule has 2 spiro atoms. The highest BCUT2D eigenvalue weighted by Gasteiger charge is 2.92. The molecule has 7 rings (SSSR count). The second-order valence-electron chi connectivity index (χ2n) is 12.7. The molecule has 0 bridgehead atoms. The number of esters is 1. The van der Waals surface area contributed by atoms with E-state index in [1.807, 2.05) is 0 Å². The Balaban J connectivity index is 1.27. The first-order chi connectivity index (χ1) is 15.6. The van der Waals surface area contributed by atoms with Gasteiger partial charge in [-0.05, 0) is 50.4 Å². The fourth-order valence-corrected chi connectivity index (χ4v) is 10.5. The molecule has 0 N–H and O–H groups in total. The molecule has 2 saturated heterocycles. The van der Waals surface area contributed by atoms with Crippen molar-refractivity contribution >= 4 is 5.97 Å². The number of rotatable bonds is 2. The molecule has 6 heteroatoms. The van der Waals surface area contributed by atoms with Gasteiger partial charge in [-0.25, -0.2) is 0 Å². The normalized spacial score (nSPS) is 52.6. The Kier molecular flexibility index (Phi) is 4.03. The standard InChI is InChI=1S/C27H38O6/c1-17(28)33-27-16-23(3)19(24(4)29-11-12-30-24)5-6-20(23)26(27)8-7-18-15-25(31-13-14-32-25)10-9-22(18,2)21(26)27/h6,18-19,21H,5,7-16H2,1-4H3. The van der Waals surface area contributed by atoms with E-state index in [1.54, 1.807) is 12.5 Å². The van der Waals surface area contributed by atoms with Gasteiger partial charge >= 0.3 is 5.97 Å². The molecule has 2 heterocycles. The zero-order valence-electron chi connectivity index (χ0n) is 20.5. The summed E-state index contributed by atoms with van der Waals surface area (Å²) in [5.41, 5.74) is 1.21. The van der Waals surface area contributed by atoms with Crippen molar-refractivity contribution < 1.29 is 28.5 Å². The van der Waals surface area contributed by atoms with Crippen LogP contribution in [0.3, 0.4) is 0 Å². The molecule has 6 fully saturated rings. The Morgan fingerprint density at radius 1 is 1.00 bits per heavy atom. The minimum absolute atomic E-state index is 0.0235. The Morgan fingerprint density at radius 2 is 1.70 bits per heavy atom. The second kappa shape index (κ2) is 6.24. The van der Waals surface area contributed by atoms with Gasteiger partial charge in [0.15, 0.2) is 11.6 Å². The van der Waals surface area contributed by atoms with Crippen LogP contribution in [0.2, 0.25) is 0 Å². The molecule has 4 saturated carbocycles. The zero-order chi connectivity index (χ0) is 22.9. The minimum atomic E-state index is -0.553. The molecule has 6 nitrogen and oxygen atoms in total. The van der Waals surface area contributed by atoms with Gasteiger partial charge in [-0.2, -0.15) is 0 Å². The van der Waals surface area contributed by atoms with Gasteiger partial charge in [0.2, 0.25) is 0 Å². The zero-order valence-corrected chi connectivity index (χ0v) is 20.5. The maximum Gasteiger partial charge on any atom is 0.303 e. The Hall–Kier alpha value is -0.950. The van der Waals surface area contributed by atoms with E-state index in [9.17, 15) is 4.79 Å². The minimum Gasteiger partial charge on any atom is -0.458 e. The summed E-state index contributed by atoms with van der Waals surface area (Å²) in [6.45, 7) is 11.3. The van der Waals surface area contributed by atoms with Crippen molar-refractivity contribution in [1.29, 1.82) is 0 Å². The molecule has 33 heavy (non-hydrogen) atoms. The number of fused-ring (bicyclic) bond motifs is 4. The van der Waals surface area contributed by atoms with Gasteiger partial charge in [0.05, 0.1) is 26.4 Å². The number of ether oxygens (including phenoxy) is 5. The summed E-state index contributed by atoms with van der Waals surface area (Å²) in [6.07, 6.45) is 9.60. The first-order valence-electron chi connectivity index (χ1n) is 13.1. The monoisotopic (exact) mass is 458 g/mol. The number of hydrogen-bond donors (Lipinski definition) is 0. The van der Waals surface area contributed by atoms with Gasteiger partial charge in [0.1, 0.15) is 5.60 Å². The van der Waals surface area contributed by atoms with E-state index in [0.29, 0.717) is 38.3 Å². The van der Waals surface area contributed by atoms with Crippen molar-refractivity contribution in [3.63, 3.8) is 0 Å². The molecule has 2 aliphatic heterocycles. The van der Waals surface area contributed by atoms with Crippen molar-refractivity contribution in [3.8, 4) is 0 Å². The van der Waals surface area contributed by atoms with E-state index in [-0.39, 0.29) is 33.9 Å². The largest absolute Gasteiger partial charge is 0.458 e. The first kappa shape index (κ1) is 21.3. The van der Waals surface area contributed by atoms with Crippen LogP contribution in [0.15, 0.2) is 11.6 Å². The highest BCUT2D eigenvalue weighted by Crippen LogP contribution is 2.90. The molecule has 7 unspecified atom stereocenters. The molecule has 182 valence electrons. The number of hydrogen-bond acceptors (Lipinski definition) is 6. The maximum atomic E-state index is 12.5. The van der Waals surface area contributed by atoms with Gasteiger partial charge in [-0.15, -0.1) is 0 Å². The number of carbonyl (C=O) groups is 1. The predicted octanol–water partition coefficient (Wildman–Crippen LogP) is 4.37. The van der Waals surface area contributed by atoms with Crippen LogP contribution in [-0.2, 0) is 28.5 Å². The van der Waals surface area contributed by atoms with Gasteiger partial charge in [0.25, 0.3) is 0 Å². The van der Waals surface area contributed by atoms with Crippen LogP contribution in [0, 0.1) is 34.0 Å².